The van der Waals surface area contributed by atoms with Gasteiger partial charge in [-0.15, -0.1) is 0 Å². The van der Waals surface area contributed by atoms with Crippen molar-refractivity contribution in [3.63, 3.8) is 0 Å². The molecule has 132 valence electrons. The maximum atomic E-state index is 10.9. The van der Waals surface area contributed by atoms with Gasteiger partial charge in [0, 0.05) is 26.1 Å². The number of nitrogens with zero attached hydrogens (tertiary/aromatic N) is 1. The molecule has 2 aromatic rings. The van der Waals surface area contributed by atoms with Crippen LogP contribution in [0, 0.1) is 0 Å². The van der Waals surface area contributed by atoms with E-state index in [2.05, 4.69) is 4.90 Å². The second-order valence-electron chi connectivity index (χ2n) is 6.56. The number of rotatable bonds is 6. The standard InChI is InChI=1S/C20H23NO4/c22-15-20(12-16-4-2-1-3-5-16)14-21(10-11-25-20)13-17-6-8-18(9-7-17)19(23)24/h1-9,22H,10-15H2,(H,23,24). The Morgan fingerprint density at radius 1 is 1.08 bits per heavy atom. The summed E-state index contributed by atoms with van der Waals surface area (Å²) in [6.45, 7) is 2.67. The third-order valence-corrected chi connectivity index (χ3v) is 4.59. The lowest BCUT2D eigenvalue weighted by molar-refractivity contribution is -0.134. The molecule has 0 aliphatic carbocycles. The zero-order chi connectivity index (χ0) is 17.7. The second-order valence-corrected chi connectivity index (χ2v) is 6.56. The van der Waals surface area contributed by atoms with E-state index in [4.69, 9.17) is 9.84 Å². The van der Waals surface area contributed by atoms with Crippen molar-refractivity contribution < 1.29 is 19.7 Å². The number of aliphatic hydroxyl groups excluding tert-OH is 1. The molecule has 0 saturated carbocycles. The summed E-state index contributed by atoms with van der Waals surface area (Å²) in [6.07, 6.45) is 0.665. The van der Waals surface area contributed by atoms with Crippen molar-refractivity contribution in [2.24, 2.45) is 0 Å². The van der Waals surface area contributed by atoms with Crippen LogP contribution in [0.15, 0.2) is 54.6 Å². The summed E-state index contributed by atoms with van der Waals surface area (Å²) in [5.74, 6) is -0.917. The van der Waals surface area contributed by atoms with Gasteiger partial charge in [-0.3, -0.25) is 4.90 Å². The molecule has 0 radical (unpaired) electrons. The summed E-state index contributed by atoms with van der Waals surface area (Å²) in [7, 11) is 0. The molecule has 1 saturated heterocycles. The van der Waals surface area contributed by atoms with E-state index in [1.54, 1.807) is 12.1 Å². The minimum absolute atomic E-state index is 0.0314. The summed E-state index contributed by atoms with van der Waals surface area (Å²) in [4.78, 5) is 13.2. The molecule has 25 heavy (non-hydrogen) atoms. The van der Waals surface area contributed by atoms with Crippen LogP contribution in [0.4, 0.5) is 0 Å². The highest BCUT2D eigenvalue weighted by atomic mass is 16.5. The summed E-state index contributed by atoms with van der Waals surface area (Å²) in [5.41, 5.74) is 1.89. The first-order valence-electron chi connectivity index (χ1n) is 8.44. The highest BCUT2D eigenvalue weighted by Gasteiger charge is 2.36. The molecular weight excluding hydrogens is 318 g/mol. The van der Waals surface area contributed by atoms with Crippen molar-refractivity contribution in [2.75, 3.05) is 26.3 Å². The average Bonchev–Trinajstić information content (AvgIpc) is 2.63. The predicted octanol–water partition coefficient (Wildman–Crippen LogP) is 2.19. The van der Waals surface area contributed by atoms with Crippen LogP contribution >= 0.6 is 0 Å². The SMILES string of the molecule is O=C(O)c1ccc(CN2CCOC(CO)(Cc3ccccc3)C2)cc1. The van der Waals surface area contributed by atoms with Gasteiger partial charge in [0.1, 0.15) is 5.60 Å². The zero-order valence-electron chi connectivity index (χ0n) is 14.1. The van der Waals surface area contributed by atoms with E-state index in [9.17, 15) is 9.90 Å². The lowest BCUT2D eigenvalue weighted by Crippen LogP contribution is -2.55. The Hall–Kier alpha value is -2.21. The molecule has 0 spiro atoms. The van der Waals surface area contributed by atoms with Gasteiger partial charge in [0.25, 0.3) is 0 Å². The molecule has 2 N–H and O–H groups in total. The summed E-state index contributed by atoms with van der Waals surface area (Å²) < 4.78 is 5.97. The van der Waals surface area contributed by atoms with Gasteiger partial charge in [0.15, 0.2) is 0 Å². The molecule has 3 rings (SSSR count). The normalized spacial score (nSPS) is 21.2. The maximum absolute atomic E-state index is 10.9. The van der Waals surface area contributed by atoms with Gasteiger partial charge in [-0.25, -0.2) is 4.79 Å². The number of hydrogen-bond donors (Lipinski definition) is 2. The van der Waals surface area contributed by atoms with Crippen LogP contribution < -0.4 is 0 Å². The molecule has 0 bridgehead atoms. The van der Waals surface area contributed by atoms with E-state index >= 15 is 0 Å². The van der Waals surface area contributed by atoms with E-state index in [0.717, 1.165) is 17.7 Å². The number of morpholine rings is 1. The van der Waals surface area contributed by atoms with Gasteiger partial charge in [-0.05, 0) is 23.3 Å². The van der Waals surface area contributed by atoms with Crippen LogP contribution in [-0.4, -0.2) is 53.0 Å². The molecule has 5 heteroatoms. The lowest BCUT2D eigenvalue weighted by atomic mass is 9.93. The van der Waals surface area contributed by atoms with Crippen molar-refractivity contribution in [3.05, 3.63) is 71.3 Å². The molecule has 0 amide bonds. The fourth-order valence-corrected chi connectivity index (χ4v) is 3.30. The molecule has 1 aliphatic heterocycles. The molecule has 5 nitrogen and oxygen atoms in total. The Balaban J connectivity index is 1.67. The molecule has 2 aromatic carbocycles. The Bertz CT molecular complexity index is 701. The Labute approximate surface area is 147 Å². The van der Waals surface area contributed by atoms with Crippen LogP contribution in [0.3, 0.4) is 0 Å². The smallest absolute Gasteiger partial charge is 0.335 e. The Morgan fingerprint density at radius 2 is 1.80 bits per heavy atom. The monoisotopic (exact) mass is 341 g/mol. The summed E-state index contributed by atoms with van der Waals surface area (Å²) >= 11 is 0. The minimum Gasteiger partial charge on any atom is -0.478 e. The fourth-order valence-electron chi connectivity index (χ4n) is 3.30. The quantitative estimate of drug-likeness (QED) is 0.843. The van der Waals surface area contributed by atoms with Crippen LogP contribution in [0.1, 0.15) is 21.5 Å². The van der Waals surface area contributed by atoms with Crippen molar-refractivity contribution >= 4 is 5.97 Å². The number of aromatic carboxylic acids is 1. The third-order valence-electron chi connectivity index (χ3n) is 4.59. The molecule has 0 aromatic heterocycles. The Kier molecular flexibility index (Phi) is 5.48. The number of carboxylic acid groups (broad SMARTS) is 1. The van der Waals surface area contributed by atoms with E-state index in [-0.39, 0.29) is 6.61 Å². The van der Waals surface area contributed by atoms with Crippen molar-refractivity contribution in [1.29, 1.82) is 0 Å². The number of benzene rings is 2. The summed E-state index contributed by atoms with van der Waals surface area (Å²) in [6, 6.07) is 17.0. The van der Waals surface area contributed by atoms with Gasteiger partial charge in [0.2, 0.25) is 0 Å². The maximum Gasteiger partial charge on any atom is 0.335 e. The van der Waals surface area contributed by atoms with Crippen LogP contribution in [0.2, 0.25) is 0 Å². The average molecular weight is 341 g/mol. The summed E-state index contributed by atoms with van der Waals surface area (Å²) in [5, 5.41) is 19.0. The predicted molar refractivity (Wildman–Crippen MR) is 94.6 cm³/mol. The van der Waals surface area contributed by atoms with Crippen molar-refractivity contribution in [2.45, 2.75) is 18.6 Å². The van der Waals surface area contributed by atoms with Gasteiger partial charge >= 0.3 is 5.97 Å². The fraction of sp³-hybridized carbons (Fsp3) is 0.350. The molecule has 1 unspecified atom stereocenters. The number of ether oxygens (including phenoxy) is 1. The van der Waals surface area contributed by atoms with Gasteiger partial charge in [-0.1, -0.05) is 42.5 Å². The molecule has 1 atom stereocenters. The van der Waals surface area contributed by atoms with E-state index < -0.39 is 11.6 Å². The largest absolute Gasteiger partial charge is 0.478 e. The topological polar surface area (TPSA) is 70.0 Å². The van der Waals surface area contributed by atoms with Gasteiger partial charge in [-0.2, -0.15) is 0 Å². The second kappa shape index (κ2) is 7.78. The lowest BCUT2D eigenvalue weighted by Gasteiger charge is -2.42. The van der Waals surface area contributed by atoms with Gasteiger partial charge in [0.05, 0.1) is 18.8 Å². The first kappa shape index (κ1) is 17.6. The van der Waals surface area contributed by atoms with Crippen molar-refractivity contribution in [3.8, 4) is 0 Å². The molecule has 1 aliphatic rings. The van der Waals surface area contributed by atoms with Crippen molar-refractivity contribution in [1.82, 2.24) is 4.90 Å². The number of carboxylic acids is 1. The molecule has 1 heterocycles. The number of aliphatic hydroxyl groups is 1. The van der Waals surface area contributed by atoms with Gasteiger partial charge < -0.3 is 14.9 Å². The van der Waals surface area contributed by atoms with Crippen LogP contribution in [-0.2, 0) is 17.7 Å². The Morgan fingerprint density at radius 3 is 2.44 bits per heavy atom. The highest BCUT2D eigenvalue weighted by Crippen LogP contribution is 2.24. The van der Waals surface area contributed by atoms with E-state index in [1.807, 2.05) is 42.5 Å². The molecule has 1 fully saturated rings. The van der Waals surface area contributed by atoms with Crippen LogP contribution in [0.25, 0.3) is 0 Å². The highest BCUT2D eigenvalue weighted by molar-refractivity contribution is 5.87. The first-order chi connectivity index (χ1) is 12.1. The van der Waals surface area contributed by atoms with Crippen LogP contribution in [0.5, 0.6) is 0 Å². The first-order valence-corrected chi connectivity index (χ1v) is 8.44. The number of carbonyl (C=O) groups is 1. The zero-order valence-corrected chi connectivity index (χ0v) is 14.1. The van der Waals surface area contributed by atoms with E-state index in [0.29, 0.717) is 31.7 Å². The third kappa shape index (κ3) is 4.45. The molecular formula is C20H23NO4. The van der Waals surface area contributed by atoms with E-state index in [1.165, 1.54) is 0 Å². The minimum atomic E-state index is -0.917. The number of hydrogen-bond acceptors (Lipinski definition) is 4.